The van der Waals surface area contributed by atoms with E-state index in [2.05, 4.69) is 20.0 Å². The molecule has 0 aromatic carbocycles. The molecule has 0 radical (unpaired) electrons. The van der Waals surface area contributed by atoms with Crippen LogP contribution in [0.3, 0.4) is 0 Å². The molecule has 0 aliphatic rings. The molecule has 11 heteroatoms. The highest BCUT2D eigenvalue weighted by Crippen LogP contribution is 2.27. The number of hydrogen-bond donors (Lipinski definition) is 2. The number of halogens is 3. The zero-order valence-corrected chi connectivity index (χ0v) is 13.4. The van der Waals surface area contributed by atoms with Gasteiger partial charge in [-0.3, -0.25) is 4.79 Å². The molecular weight excluding hydrogens is 337 g/mol. The van der Waals surface area contributed by atoms with Crippen LogP contribution < -0.4 is 10.0 Å². The molecule has 0 atom stereocenters. The fourth-order valence-electron chi connectivity index (χ4n) is 1.64. The van der Waals surface area contributed by atoms with Crippen LogP contribution in [0.15, 0.2) is 6.07 Å². The van der Waals surface area contributed by atoms with Crippen LogP contribution in [0.25, 0.3) is 0 Å². The van der Waals surface area contributed by atoms with E-state index in [-0.39, 0.29) is 37.4 Å². The molecule has 2 N–H and O–H groups in total. The number of alkyl halides is 3. The summed E-state index contributed by atoms with van der Waals surface area (Å²) in [5, 5.41) is 2.46. The Morgan fingerprint density at radius 3 is 2.48 bits per heavy atom. The smallest absolute Gasteiger partial charge is 0.356 e. The second-order valence-electron chi connectivity index (χ2n) is 4.83. The molecule has 0 aliphatic carbocycles. The van der Waals surface area contributed by atoms with E-state index in [1.165, 1.54) is 6.92 Å². The molecule has 1 aromatic rings. The standard InChI is InChI=1S/C12H17F3N4O3S/c1-8-7-9(12(13,14)15)19-10(18-8)3-5-16-11(20)4-6-17-23(2,21)22/h7,17H,3-6H2,1-2H3,(H,16,20). The highest BCUT2D eigenvalue weighted by molar-refractivity contribution is 7.88. The van der Waals surface area contributed by atoms with Crippen molar-refractivity contribution in [3.63, 3.8) is 0 Å². The third-order valence-corrected chi connectivity index (χ3v) is 3.31. The summed E-state index contributed by atoms with van der Waals surface area (Å²) in [6.07, 6.45) is -3.62. The average Bonchev–Trinajstić information content (AvgIpc) is 2.35. The van der Waals surface area contributed by atoms with Crippen LogP contribution in [0.4, 0.5) is 13.2 Å². The van der Waals surface area contributed by atoms with E-state index in [1.807, 2.05) is 0 Å². The summed E-state index contributed by atoms with van der Waals surface area (Å²) in [5.41, 5.74) is -0.838. The fraction of sp³-hybridized carbons (Fsp3) is 0.583. The van der Waals surface area contributed by atoms with Gasteiger partial charge in [0.2, 0.25) is 15.9 Å². The Morgan fingerprint density at radius 2 is 1.91 bits per heavy atom. The van der Waals surface area contributed by atoms with E-state index in [0.29, 0.717) is 0 Å². The molecule has 0 fully saturated rings. The Hall–Kier alpha value is -1.75. The summed E-state index contributed by atoms with van der Waals surface area (Å²) < 4.78 is 61.6. The number of nitrogens with zero attached hydrogens (tertiary/aromatic N) is 2. The molecule has 0 aliphatic heterocycles. The van der Waals surface area contributed by atoms with Crippen LogP contribution in [0, 0.1) is 6.92 Å². The van der Waals surface area contributed by atoms with E-state index >= 15 is 0 Å². The lowest BCUT2D eigenvalue weighted by atomic mass is 10.3. The number of aromatic nitrogens is 2. The molecule has 1 rings (SSSR count). The van der Waals surface area contributed by atoms with Crippen LogP contribution >= 0.6 is 0 Å². The second-order valence-corrected chi connectivity index (χ2v) is 6.66. The molecule has 7 nitrogen and oxygen atoms in total. The van der Waals surface area contributed by atoms with Gasteiger partial charge < -0.3 is 5.32 Å². The topological polar surface area (TPSA) is 101 Å². The minimum atomic E-state index is -4.55. The molecule has 1 aromatic heterocycles. The highest BCUT2D eigenvalue weighted by Gasteiger charge is 2.33. The summed E-state index contributed by atoms with van der Waals surface area (Å²) >= 11 is 0. The van der Waals surface area contributed by atoms with Gasteiger partial charge in [-0.1, -0.05) is 0 Å². The number of carbonyl (C=O) groups excluding carboxylic acids is 1. The van der Waals surface area contributed by atoms with Gasteiger partial charge in [0.25, 0.3) is 0 Å². The van der Waals surface area contributed by atoms with Crippen molar-refractivity contribution in [2.24, 2.45) is 0 Å². The Balaban J connectivity index is 2.47. The largest absolute Gasteiger partial charge is 0.433 e. The minimum Gasteiger partial charge on any atom is -0.356 e. The third-order valence-electron chi connectivity index (χ3n) is 2.58. The predicted molar refractivity (Wildman–Crippen MR) is 75.9 cm³/mol. The maximum atomic E-state index is 12.6. The van der Waals surface area contributed by atoms with Gasteiger partial charge in [-0.25, -0.2) is 23.1 Å². The van der Waals surface area contributed by atoms with Gasteiger partial charge in [0.05, 0.1) is 6.26 Å². The van der Waals surface area contributed by atoms with Crippen molar-refractivity contribution in [3.8, 4) is 0 Å². The number of sulfonamides is 1. The van der Waals surface area contributed by atoms with Crippen LogP contribution in [0.1, 0.15) is 23.6 Å². The van der Waals surface area contributed by atoms with E-state index in [4.69, 9.17) is 0 Å². The van der Waals surface area contributed by atoms with Crippen molar-refractivity contribution in [2.75, 3.05) is 19.3 Å². The molecule has 0 spiro atoms. The number of hydrogen-bond acceptors (Lipinski definition) is 5. The SMILES string of the molecule is Cc1cc(C(F)(F)F)nc(CCNC(=O)CCNS(C)(=O)=O)n1. The van der Waals surface area contributed by atoms with Gasteiger partial charge in [0.1, 0.15) is 11.5 Å². The zero-order valence-electron chi connectivity index (χ0n) is 12.6. The number of amides is 1. The number of carbonyl (C=O) groups is 1. The number of aryl methyl sites for hydroxylation is 1. The average molecular weight is 354 g/mol. The van der Waals surface area contributed by atoms with Gasteiger partial charge in [-0.15, -0.1) is 0 Å². The first-order chi connectivity index (χ1) is 10.5. The summed E-state index contributed by atoms with van der Waals surface area (Å²) in [5.74, 6) is -0.447. The normalized spacial score (nSPS) is 12.2. The van der Waals surface area contributed by atoms with Crippen LogP contribution in [-0.2, 0) is 27.4 Å². The van der Waals surface area contributed by atoms with Gasteiger partial charge in [0, 0.05) is 31.6 Å². The first kappa shape index (κ1) is 19.3. The lowest BCUT2D eigenvalue weighted by Gasteiger charge is -2.09. The quantitative estimate of drug-likeness (QED) is 0.738. The van der Waals surface area contributed by atoms with E-state index in [0.717, 1.165) is 12.3 Å². The number of rotatable bonds is 7. The molecule has 130 valence electrons. The lowest BCUT2D eigenvalue weighted by Crippen LogP contribution is -2.31. The molecule has 23 heavy (non-hydrogen) atoms. The summed E-state index contributed by atoms with van der Waals surface area (Å²) in [6, 6.07) is 0.846. The van der Waals surface area contributed by atoms with Gasteiger partial charge in [-0.2, -0.15) is 13.2 Å². The maximum Gasteiger partial charge on any atom is 0.433 e. The lowest BCUT2D eigenvalue weighted by molar-refractivity contribution is -0.141. The molecule has 1 heterocycles. The van der Waals surface area contributed by atoms with Crippen LogP contribution in [-0.4, -0.2) is 43.6 Å². The first-order valence-electron chi connectivity index (χ1n) is 6.60. The molecule has 0 saturated carbocycles. The third kappa shape index (κ3) is 7.88. The summed E-state index contributed by atoms with van der Waals surface area (Å²) in [6.45, 7) is 1.43. The van der Waals surface area contributed by atoms with Crippen molar-refractivity contribution in [2.45, 2.75) is 25.9 Å². The molecular formula is C12H17F3N4O3S. The Morgan fingerprint density at radius 1 is 1.26 bits per heavy atom. The second kappa shape index (κ2) is 7.68. The van der Waals surface area contributed by atoms with E-state index in [1.54, 1.807) is 0 Å². The van der Waals surface area contributed by atoms with E-state index < -0.39 is 27.8 Å². The monoisotopic (exact) mass is 354 g/mol. The molecule has 0 saturated heterocycles. The predicted octanol–water partition coefficient (Wildman–Crippen LogP) is 0.402. The zero-order chi connectivity index (χ0) is 17.7. The van der Waals surface area contributed by atoms with Crippen molar-refractivity contribution in [1.29, 1.82) is 0 Å². The molecule has 0 bridgehead atoms. The van der Waals surface area contributed by atoms with Crippen LogP contribution in [0.5, 0.6) is 0 Å². The molecule has 0 unspecified atom stereocenters. The van der Waals surface area contributed by atoms with Crippen molar-refractivity contribution in [1.82, 2.24) is 20.0 Å². The number of nitrogens with one attached hydrogen (secondary N) is 2. The minimum absolute atomic E-state index is 0.0214. The van der Waals surface area contributed by atoms with Gasteiger partial charge in [0.15, 0.2) is 0 Å². The Kier molecular flexibility index (Phi) is 6.45. The van der Waals surface area contributed by atoms with Gasteiger partial charge >= 0.3 is 6.18 Å². The van der Waals surface area contributed by atoms with Crippen molar-refractivity contribution in [3.05, 3.63) is 23.3 Å². The maximum absolute atomic E-state index is 12.6. The summed E-state index contributed by atoms with van der Waals surface area (Å²) in [4.78, 5) is 18.7. The van der Waals surface area contributed by atoms with Crippen molar-refractivity contribution >= 4 is 15.9 Å². The van der Waals surface area contributed by atoms with Crippen LogP contribution in [0.2, 0.25) is 0 Å². The summed E-state index contributed by atoms with van der Waals surface area (Å²) in [7, 11) is -3.36. The highest BCUT2D eigenvalue weighted by atomic mass is 32.2. The Labute approximate surface area is 131 Å². The fourth-order valence-corrected chi connectivity index (χ4v) is 2.11. The first-order valence-corrected chi connectivity index (χ1v) is 8.49. The van der Waals surface area contributed by atoms with Gasteiger partial charge in [-0.05, 0) is 13.0 Å². The van der Waals surface area contributed by atoms with Crippen molar-refractivity contribution < 1.29 is 26.4 Å². The molecule has 1 amide bonds. The van der Waals surface area contributed by atoms with E-state index in [9.17, 15) is 26.4 Å². The Bertz CT molecular complexity index is 662.